The van der Waals surface area contributed by atoms with Gasteiger partial charge in [-0.2, -0.15) is 0 Å². The SMILES string of the molecule is C[C@@H](C(=O)O)N(C)C(=O)C1OCCC1CNC(=O)OCC1c2ccccc2-c2ccccc21. The minimum absolute atomic E-state index is 0.0292. The quantitative estimate of drug-likeness (QED) is 0.669. The number of aliphatic carboxylic acids is 1. The van der Waals surface area contributed by atoms with Gasteiger partial charge in [0.2, 0.25) is 0 Å². The number of hydrogen-bond donors (Lipinski definition) is 2. The molecule has 2 amide bonds. The van der Waals surface area contributed by atoms with Gasteiger partial charge in [0.15, 0.2) is 0 Å². The molecule has 1 aliphatic heterocycles. The van der Waals surface area contributed by atoms with Crippen LogP contribution >= 0.6 is 0 Å². The Hall–Kier alpha value is -3.39. The number of nitrogens with one attached hydrogen (secondary N) is 1. The normalized spacial score (nSPS) is 19.9. The molecule has 0 bridgehead atoms. The first-order chi connectivity index (χ1) is 15.9. The van der Waals surface area contributed by atoms with Crippen LogP contribution in [0.4, 0.5) is 4.79 Å². The van der Waals surface area contributed by atoms with Gasteiger partial charge < -0.3 is 24.8 Å². The third kappa shape index (κ3) is 4.57. The zero-order valence-corrected chi connectivity index (χ0v) is 18.7. The van der Waals surface area contributed by atoms with Crippen molar-refractivity contribution in [3.63, 3.8) is 0 Å². The molecule has 0 radical (unpaired) electrons. The molecule has 0 saturated carbocycles. The van der Waals surface area contributed by atoms with Crippen LogP contribution in [0, 0.1) is 5.92 Å². The molecule has 4 rings (SSSR count). The summed E-state index contributed by atoms with van der Waals surface area (Å²) in [5.74, 6) is -1.77. The lowest BCUT2D eigenvalue weighted by Crippen LogP contribution is -2.48. The van der Waals surface area contributed by atoms with Crippen LogP contribution in [0.5, 0.6) is 0 Å². The molecule has 174 valence electrons. The van der Waals surface area contributed by atoms with Crippen LogP contribution in [-0.4, -0.2) is 66.9 Å². The zero-order valence-electron chi connectivity index (χ0n) is 18.7. The Kier molecular flexibility index (Phi) is 6.65. The minimum Gasteiger partial charge on any atom is -0.480 e. The van der Waals surface area contributed by atoms with Gasteiger partial charge >= 0.3 is 12.1 Å². The third-order valence-electron chi connectivity index (χ3n) is 6.60. The molecule has 3 atom stereocenters. The molecule has 2 N–H and O–H groups in total. The number of hydrogen-bond acceptors (Lipinski definition) is 5. The van der Waals surface area contributed by atoms with Crippen LogP contribution in [0.1, 0.15) is 30.4 Å². The molecular weight excluding hydrogens is 424 g/mol. The molecular formula is C25H28N2O6. The first kappa shape index (κ1) is 22.8. The summed E-state index contributed by atoms with van der Waals surface area (Å²) in [4.78, 5) is 37.5. The second-order valence-electron chi connectivity index (χ2n) is 8.51. The average Bonchev–Trinajstić information content (AvgIpc) is 3.42. The third-order valence-corrected chi connectivity index (χ3v) is 6.60. The van der Waals surface area contributed by atoms with Crippen molar-refractivity contribution < 1.29 is 29.0 Å². The summed E-state index contributed by atoms with van der Waals surface area (Å²) in [6.45, 7) is 2.24. The van der Waals surface area contributed by atoms with E-state index in [1.165, 1.54) is 18.9 Å². The maximum absolute atomic E-state index is 12.7. The number of carbonyl (C=O) groups is 3. The van der Waals surface area contributed by atoms with Crippen LogP contribution < -0.4 is 5.32 Å². The van der Waals surface area contributed by atoms with E-state index in [4.69, 9.17) is 14.6 Å². The number of rotatable bonds is 7. The highest BCUT2D eigenvalue weighted by molar-refractivity contribution is 5.86. The largest absolute Gasteiger partial charge is 0.480 e. The van der Waals surface area contributed by atoms with Gasteiger partial charge in [0, 0.05) is 32.0 Å². The highest BCUT2D eigenvalue weighted by Gasteiger charge is 2.38. The maximum atomic E-state index is 12.7. The summed E-state index contributed by atoms with van der Waals surface area (Å²) >= 11 is 0. The molecule has 1 heterocycles. The number of fused-ring (bicyclic) bond motifs is 3. The van der Waals surface area contributed by atoms with Crippen molar-refractivity contribution in [3.05, 3.63) is 59.7 Å². The van der Waals surface area contributed by atoms with Gasteiger partial charge in [0.25, 0.3) is 5.91 Å². The standard InChI is InChI=1S/C25H28N2O6/c1-15(24(29)30)27(2)23(28)22-16(11-12-32-22)13-26-25(31)33-14-21-19-9-5-3-7-17(19)18-8-4-6-10-20(18)21/h3-10,15-16,21-22H,11-14H2,1-2H3,(H,26,31)(H,29,30)/t15-,16?,22?/m0/s1. The number of carboxylic acids is 1. The summed E-state index contributed by atoms with van der Waals surface area (Å²) < 4.78 is 11.1. The average molecular weight is 453 g/mol. The Morgan fingerprint density at radius 3 is 2.33 bits per heavy atom. The summed E-state index contributed by atoms with van der Waals surface area (Å²) in [5, 5.41) is 11.9. The molecule has 2 aromatic carbocycles. The van der Waals surface area contributed by atoms with Crippen molar-refractivity contribution in [2.24, 2.45) is 5.92 Å². The number of likely N-dealkylation sites (N-methyl/N-ethyl adjacent to an activating group) is 1. The van der Waals surface area contributed by atoms with Crippen molar-refractivity contribution in [1.29, 1.82) is 0 Å². The monoisotopic (exact) mass is 452 g/mol. The molecule has 1 fully saturated rings. The Morgan fingerprint density at radius 2 is 1.73 bits per heavy atom. The van der Waals surface area contributed by atoms with Gasteiger partial charge in [-0.3, -0.25) is 4.79 Å². The van der Waals surface area contributed by atoms with E-state index in [1.807, 2.05) is 24.3 Å². The highest BCUT2D eigenvalue weighted by atomic mass is 16.5. The number of amides is 2. The Labute approximate surface area is 192 Å². The van der Waals surface area contributed by atoms with Crippen LogP contribution in [0.15, 0.2) is 48.5 Å². The van der Waals surface area contributed by atoms with E-state index in [1.54, 1.807) is 0 Å². The van der Waals surface area contributed by atoms with Crippen molar-refractivity contribution in [2.45, 2.75) is 31.4 Å². The van der Waals surface area contributed by atoms with Gasteiger partial charge in [0.05, 0.1) is 0 Å². The summed E-state index contributed by atoms with van der Waals surface area (Å²) in [5.41, 5.74) is 4.59. The lowest BCUT2D eigenvalue weighted by molar-refractivity contribution is -0.153. The van der Waals surface area contributed by atoms with Gasteiger partial charge in [-0.1, -0.05) is 48.5 Å². The van der Waals surface area contributed by atoms with E-state index in [2.05, 4.69) is 29.6 Å². The molecule has 0 aromatic heterocycles. The molecule has 2 unspecified atom stereocenters. The summed E-state index contributed by atoms with van der Waals surface area (Å²) in [7, 11) is 1.44. The van der Waals surface area contributed by atoms with Gasteiger partial charge in [-0.05, 0) is 35.6 Å². The fraction of sp³-hybridized carbons (Fsp3) is 0.400. The van der Waals surface area contributed by atoms with E-state index in [0.717, 1.165) is 22.3 Å². The van der Waals surface area contributed by atoms with E-state index in [-0.39, 0.29) is 25.0 Å². The predicted molar refractivity (Wildman–Crippen MR) is 121 cm³/mol. The van der Waals surface area contributed by atoms with E-state index < -0.39 is 30.1 Å². The fourth-order valence-corrected chi connectivity index (χ4v) is 4.54. The highest BCUT2D eigenvalue weighted by Crippen LogP contribution is 2.44. The van der Waals surface area contributed by atoms with E-state index >= 15 is 0 Å². The second-order valence-corrected chi connectivity index (χ2v) is 8.51. The molecule has 8 nitrogen and oxygen atoms in total. The smallest absolute Gasteiger partial charge is 0.407 e. The Balaban J connectivity index is 1.33. The van der Waals surface area contributed by atoms with Crippen LogP contribution in [0.3, 0.4) is 0 Å². The topological polar surface area (TPSA) is 105 Å². The number of carbonyl (C=O) groups excluding carboxylic acids is 2. The van der Waals surface area contributed by atoms with Gasteiger partial charge in [0.1, 0.15) is 18.8 Å². The number of alkyl carbamates (subject to hydrolysis) is 1. The molecule has 1 aliphatic carbocycles. The Bertz CT molecular complexity index is 1010. The molecule has 8 heteroatoms. The van der Waals surface area contributed by atoms with E-state index in [0.29, 0.717) is 13.0 Å². The minimum atomic E-state index is -1.09. The van der Waals surface area contributed by atoms with Crippen molar-refractivity contribution in [2.75, 3.05) is 26.8 Å². The van der Waals surface area contributed by atoms with Crippen molar-refractivity contribution >= 4 is 18.0 Å². The molecule has 33 heavy (non-hydrogen) atoms. The number of benzene rings is 2. The molecule has 1 saturated heterocycles. The fourth-order valence-electron chi connectivity index (χ4n) is 4.54. The molecule has 2 aliphatic rings. The van der Waals surface area contributed by atoms with Crippen LogP contribution in [0.25, 0.3) is 11.1 Å². The molecule has 0 spiro atoms. The van der Waals surface area contributed by atoms with Crippen LogP contribution in [0.2, 0.25) is 0 Å². The second kappa shape index (κ2) is 9.62. The van der Waals surface area contributed by atoms with Crippen molar-refractivity contribution in [1.82, 2.24) is 10.2 Å². The molecule has 2 aromatic rings. The van der Waals surface area contributed by atoms with Gasteiger partial charge in [-0.25, -0.2) is 9.59 Å². The zero-order chi connectivity index (χ0) is 23.5. The number of carboxylic acid groups (broad SMARTS) is 1. The number of nitrogens with zero attached hydrogens (tertiary/aromatic N) is 1. The Morgan fingerprint density at radius 1 is 1.12 bits per heavy atom. The van der Waals surface area contributed by atoms with Gasteiger partial charge in [-0.15, -0.1) is 0 Å². The maximum Gasteiger partial charge on any atom is 0.407 e. The van der Waals surface area contributed by atoms with Crippen LogP contribution in [-0.2, 0) is 19.1 Å². The summed E-state index contributed by atoms with van der Waals surface area (Å²) in [6, 6.07) is 15.3. The first-order valence-electron chi connectivity index (χ1n) is 11.1. The van der Waals surface area contributed by atoms with E-state index in [9.17, 15) is 14.4 Å². The summed E-state index contributed by atoms with van der Waals surface area (Å²) in [6.07, 6.45) is -0.747. The predicted octanol–water partition coefficient (Wildman–Crippen LogP) is 2.86. The first-order valence-corrected chi connectivity index (χ1v) is 11.1. The van der Waals surface area contributed by atoms with Crippen molar-refractivity contribution in [3.8, 4) is 11.1 Å². The lowest BCUT2D eigenvalue weighted by Gasteiger charge is -2.27. The number of ether oxygens (including phenoxy) is 2. The lowest BCUT2D eigenvalue weighted by atomic mass is 9.98.